The van der Waals surface area contributed by atoms with Crippen LogP contribution in [0.15, 0.2) is 4.52 Å². The van der Waals surface area contributed by atoms with Crippen molar-refractivity contribution < 1.29 is 9.32 Å². The van der Waals surface area contributed by atoms with Crippen LogP contribution in [0.25, 0.3) is 0 Å². The lowest BCUT2D eigenvalue weighted by atomic mass is 9.96. The van der Waals surface area contributed by atoms with E-state index >= 15 is 0 Å². The first kappa shape index (κ1) is 13.5. The highest BCUT2D eigenvalue weighted by Gasteiger charge is 2.20. The highest BCUT2D eigenvalue weighted by atomic mass is 16.5. The van der Waals surface area contributed by atoms with Gasteiger partial charge in [0, 0.05) is 32.5 Å². The van der Waals surface area contributed by atoms with Crippen LogP contribution in [0.2, 0.25) is 0 Å². The number of nitrogens with zero attached hydrogens (tertiary/aromatic N) is 3. The number of hydrogen-bond acceptors (Lipinski definition) is 5. The van der Waals surface area contributed by atoms with E-state index < -0.39 is 0 Å². The van der Waals surface area contributed by atoms with Crippen molar-refractivity contribution in [1.82, 2.24) is 15.5 Å². The third-order valence-electron chi connectivity index (χ3n) is 2.16. The Labute approximate surface area is 101 Å². The van der Waals surface area contributed by atoms with E-state index in [2.05, 4.69) is 15.5 Å². The number of anilines is 1. The summed E-state index contributed by atoms with van der Waals surface area (Å²) in [5.74, 6) is 1.09. The first-order chi connectivity index (χ1) is 7.80. The second kappa shape index (κ2) is 5.16. The van der Waals surface area contributed by atoms with E-state index in [9.17, 15) is 4.79 Å². The molecule has 0 aliphatic heterocycles. The van der Waals surface area contributed by atoms with E-state index in [4.69, 9.17) is 4.52 Å². The highest BCUT2D eigenvalue weighted by Crippen LogP contribution is 2.12. The molecule has 0 bridgehead atoms. The molecule has 6 nitrogen and oxygen atoms in total. The lowest BCUT2D eigenvalue weighted by molar-refractivity contribution is -0.128. The van der Waals surface area contributed by atoms with Crippen molar-refractivity contribution in [2.75, 3.05) is 25.5 Å². The molecule has 0 radical (unpaired) electrons. The zero-order chi connectivity index (χ0) is 13.1. The number of nitrogens with one attached hydrogen (secondary N) is 1. The number of rotatable bonds is 4. The summed E-state index contributed by atoms with van der Waals surface area (Å²) < 4.78 is 5.04. The SMILES string of the molecule is CN(C)c1noc(CCNC(=O)C(C)(C)C)n1. The van der Waals surface area contributed by atoms with E-state index in [1.807, 2.05) is 34.9 Å². The lowest BCUT2D eigenvalue weighted by Gasteiger charge is -2.16. The molecule has 1 rings (SSSR count). The largest absolute Gasteiger partial charge is 0.355 e. The van der Waals surface area contributed by atoms with Crippen molar-refractivity contribution in [2.45, 2.75) is 27.2 Å². The Balaban J connectivity index is 2.38. The maximum Gasteiger partial charge on any atom is 0.265 e. The van der Waals surface area contributed by atoms with Crippen molar-refractivity contribution in [1.29, 1.82) is 0 Å². The molecule has 6 heteroatoms. The van der Waals surface area contributed by atoms with Crippen molar-refractivity contribution in [3.63, 3.8) is 0 Å². The van der Waals surface area contributed by atoms with Gasteiger partial charge in [0.15, 0.2) is 0 Å². The van der Waals surface area contributed by atoms with E-state index in [0.717, 1.165) is 0 Å². The van der Waals surface area contributed by atoms with Gasteiger partial charge in [0.25, 0.3) is 5.95 Å². The van der Waals surface area contributed by atoms with Crippen LogP contribution in [0.5, 0.6) is 0 Å². The number of amides is 1. The number of carbonyl (C=O) groups is 1. The minimum absolute atomic E-state index is 0.0184. The molecule has 1 heterocycles. The fourth-order valence-electron chi connectivity index (χ4n) is 1.08. The van der Waals surface area contributed by atoms with Gasteiger partial charge in [-0.15, -0.1) is 0 Å². The smallest absolute Gasteiger partial charge is 0.265 e. The summed E-state index contributed by atoms with van der Waals surface area (Å²) in [6, 6.07) is 0. The van der Waals surface area contributed by atoms with Gasteiger partial charge >= 0.3 is 0 Å². The Hall–Kier alpha value is -1.59. The second-order valence-electron chi connectivity index (χ2n) is 5.14. The first-order valence-electron chi connectivity index (χ1n) is 5.59. The molecule has 0 aliphatic rings. The molecule has 0 aromatic carbocycles. The maximum absolute atomic E-state index is 11.6. The minimum atomic E-state index is -0.371. The molecule has 0 spiro atoms. The number of hydrogen-bond donors (Lipinski definition) is 1. The molecule has 96 valence electrons. The van der Waals surface area contributed by atoms with E-state index in [0.29, 0.717) is 24.8 Å². The molecule has 0 saturated carbocycles. The highest BCUT2D eigenvalue weighted by molar-refractivity contribution is 5.81. The summed E-state index contributed by atoms with van der Waals surface area (Å²) in [4.78, 5) is 17.5. The predicted molar refractivity (Wildman–Crippen MR) is 64.8 cm³/mol. The van der Waals surface area contributed by atoms with Gasteiger partial charge in [-0.05, 0) is 5.16 Å². The van der Waals surface area contributed by atoms with Gasteiger partial charge < -0.3 is 14.7 Å². The zero-order valence-electron chi connectivity index (χ0n) is 11.1. The summed E-state index contributed by atoms with van der Waals surface area (Å²) >= 11 is 0. The van der Waals surface area contributed by atoms with Crippen molar-refractivity contribution in [3.05, 3.63) is 5.89 Å². The lowest BCUT2D eigenvalue weighted by Crippen LogP contribution is -2.35. The van der Waals surface area contributed by atoms with E-state index in [1.165, 1.54) is 0 Å². The monoisotopic (exact) mass is 240 g/mol. The van der Waals surface area contributed by atoms with Gasteiger partial charge in [-0.25, -0.2) is 0 Å². The average Bonchev–Trinajstić information content (AvgIpc) is 2.64. The molecule has 0 unspecified atom stereocenters. The van der Waals surface area contributed by atoms with Crippen LogP contribution in [0.3, 0.4) is 0 Å². The zero-order valence-corrected chi connectivity index (χ0v) is 11.1. The molecule has 1 aromatic heterocycles. The molecule has 1 aromatic rings. The molecule has 1 amide bonds. The van der Waals surface area contributed by atoms with Crippen molar-refractivity contribution in [2.24, 2.45) is 5.41 Å². The molecule has 17 heavy (non-hydrogen) atoms. The maximum atomic E-state index is 11.6. The van der Waals surface area contributed by atoms with Gasteiger partial charge in [0.05, 0.1) is 0 Å². The molecule has 0 saturated heterocycles. The van der Waals surface area contributed by atoms with Gasteiger partial charge in [-0.2, -0.15) is 4.98 Å². The van der Waals surface area contributed by atoms with Crippen molar-refractivity contribution in [3.8, 4) is 0 Å². The standard InChI is InChI=1S/C11H20N4O2/c1-11(2,3)9(16)12-7-6-8-13-10(14-17-8)15(4)5/h6-7H2,1-5H3,(H,12,16). The Morgan fingerprint density at radius 1 is 1.41 bits per heavy atom. The summed E-state index contributed by atoms with van der Waals surface area (Å²) in [6.45, 7) is 6.13. The molecular weight excluding hydrogens is 220 g/mol. The van der Waals surface area contributed by atoms with Crippen LogP contribution in [-0.4, -0.2) is 36.7 Å². The third-order valence-corrected chi connectivity index (χ3v) is 2.16. The number of aromatic nitrogens is 2. The van der Waals surface area contributed by atoms with Crippen molar-refractivity contribution >= 4 is 11.9 Å². The summed E-state index contributed by atoms with van der Waals surface area (Å²) in [6.07, 6.45) is 0.544. The van der Waals surface area contributed by atoms with Crippen LogP contribution < -0.4 is 10.2 Å². The normalized spacial score (nSPS) is 11.4. The third kappa shape index (κ3) is 4.05. The molecule has 1 N–H and O–H groups in total. The summed E-state index contributed by atoms with van der Waals surface area (Å²) in [5, 5.41) is 6.62. The predicted octanol–water partition coefficient (Wildman–Crippen LogP) is 0.840. The Morgan fingerprint density at radius 2 is 2.06 bits per heavy atom. The number of carbonyl (C=O) groups excluding carboxylic acids is 1. The van der Waals surface area contributed by atoms with Gasteiger partial charge in [-0.1, -0.05) is 20.8 Å². The Kier molecular flexibility index (Phi) is 4.09. The Bertz CT molecular complexity index is 379. The summed E-state index contributed by atoms with van der Waals surface area (Å²) in [5.41, 5.74) is -0.371. The molecule has 0 aliphatic carbocycles. The second-order valence-corrected chi connectivity index (χ2v) is 5.14. The van der Waals surface area contributed by atoms with Crippen LogP contribution in [-0.2, 0) is 11.2 Å². The Morgan fingerprint density at radius 3 is 2.53 bits per heavy atom. The van der Waals surface area contributed by atoms with Gasteiger partial charge in [0.2, 0.25) is 11.8 Å². The molecular formula is C11H20N4O2. The van der Waals surface area contributed by atoms with Crippen LogP contribution in [0.1, 0.15) is 26.7 Å². The van der Waals surface area contributed by atoms with E-state index in [1.54, 1.807) is 4.90 Å². The van der Waals surface area contributed by atoms with Crippen LogP contribution >= 0.6 is 0 Å². The first-order valence-corrected chi connectivity index (χ1v) is 5.59. The van der Waals surface area contributed by atoms with E-state index in [-0.39, 0.29) is 11.3 Å². The average molecular weight is 240 g/mol. The molecule has 0 atom stereocenters. The van der Waals surface area contributed by atoms with Crippen LogP contribution in [0, 0.1) is 5.41 Å². The van der Waals surface area contributed by atoms with Gasteiger partial charge in [0.1, 0.15) is 0 Å². The topological polar surface area (TPSA) is 71.3 Å². The van der Waals surface area contributed by atoms with Gasteiger partial charge in [-0.3, -0.25) is 4.79 Å². The fourth-order valence-corrected chi connectivity index (χ4v) is 1.08. The molecule has 0 fully saturated rings. The van der Waals surface area contributed by atoms with Crippen LogP contribution in [0.4, 0.5) is 5.95 Å². The fraction of sp³-hybridized carbons (Fsp3) is 0.727. The minimum Gasteiger partial charge on any atom is -0.355 e. The summed E-state index contributed by atoms with van der Waals surface area (Å²) in [7, 11) is 3.69. The quantitative estimate of drug-likeness (QED) is 0.844.